The van der Waals surface area contributed by atoms with Crippen LogP contribution < -0.4 is 5.32 Å². The number of hydrogen-bond acceptors (Lipinski definition) is 1. The van der Waals surface area contributed by atoms with Crippen molar-refractivity contribution < 1.29 is 0 Å². The van der Waals surface area contributed by atoms with Crippen molar-refractivity contribution in [2.45, 2.75) is 39.0 Å². The zero-order chi connectivity index (χ0) is 9.10. The molecule has 1 N–H and O–H groups in total. The molecule has 0 spiro atoms. The van der Waals surface area contributed by atoms with Crippen LogP contribution >= 0.6 is 0 Å². The first-order valence-electron chi connectivity index (χ1n) is 5.76. The summed E-state index contributed by atoms with van der Waals surface area (Å²) in [5.41, 5.74) is 0. The van der Waals surface area contributed by atoms with Crippen LogP contribution in [-0.2, 0) is 0 Å². The molecule has 2 aliphatic rings. The molecule has 1 atom stereocenters. The zero-order valence-electron chi connectivity index (χ0n) is 8.63. The van der Waals surface area contributed by atoms with Gasteiger partial charge in [0.1, 0.15) is 0 Å². The van der Waals surface area contributed by atoms with E-state index in [1.807, 2.05) is 0 Å². The van der Waals surface area contributed by atoms with Gasteiger partial charge in [-0.25, -0.2) is 0 Å². The highest BCUT2D eigenvalue weighted by atomic mass is 14.8. The molecule has 1 unspecified atom stereocenters. The average Bonchev–Trinajstić information content (AvgIpc) is 2.20. The lowest BCUT2D eigenvalue weighted by Gasteiger charge is -2.32. The van der Waals surface area contributed by atoms with Gasteiger partial charge < -0.3 is 5.32 Å². The number of allylic oxidation sites excluding steroid dienone is 1. The van der Waals surface area contributed by atoms with Crippen molar-refractivity contribution in [2.24, 2.45) is 17.8 Å². The summed E-state index contributed by atoms with van der Waals surface area (Å²) in [5.74, 6) is 2.87. The maximum absolute atomic E-state index is 3.28. The molecular formula is C12H21N. The van der Waals surface area contributed by atoms with Gasteiger partial charge in [0.25, 0.3) is 0 Å². The van der Waals surface area contributed by atoms with E-state index in [-0.39, 0.29) is 0 Å². The Morgan fingerprint density at radius 1 is 1.08 bits per heavy atom. The Morgan fingerprint density at radius 3 is 2.46 bits per heavy atom. The van der Waals surface area contributed by atoms with Gasteiger partial charge in [0.15, 0.2) is 0 Å². The minimum Gasteiger partial charge on any atom is -0.391 e. The highest BCUT2D eigenvalue weighted by Crippen LogP contribution is 2.35. The van der Waals surface area contributed by atoms with Gasteiger partial charge in [-0.05, 0) is 43.2 Å². The molecule has 1 heteroatoms. The fourth-order valence-corrected chi connectivity index (χ4v) is 2.73. The van der Waals surface area contributed by atoms with Crippen LogP contribution in [0, 0.1) is 17.8 Å². The lowest BCUT2D eigenvalue weighted by molar-refractivity contribution is 0.229. The smallest absolute Gasteiger partial charge is 0.0147 e. The van der Waals surface area contributed by atoms with Crippen molar-refractivity contribution in [3.8, 4) is 0 Å². The molecule has 74 valence electrons. The average molecular weight is 179 g/mol. The van der Waals surface area contributed by atoms with Gasteiger partial charge in [-0.3, -0.25) is 0 Å². The third-order valence-corrected chi connectivity index (χ3v) is 3.75. The topological polar surface area (TPSA) is 12.0 Å². The molecular weight excluding hydrogens is 158 g/mol. The van der Waals surface area contributed by atoms with E-state index in [1.165, 1.54) is 38.6 Å². The first-order chi connectivity index (χ1) is 6.36. The second kappa shape index (κ2) is 4.17. The van der Waals surface area contributed by atoms with Gasteiger partial charge in [-0.1, -0.05) is 25.8 Å². The molecule has 0 aromatic heterocycles. The quantitative estimate of drug-likeness (QED) is 0.652. The van der Waals surface area contributed by atoms with E-state index in [1.54, 1.807) is 0 Å². The lowest BCUT2D eigenvalue weighted by Crippen LogP contribution is -2.25. The van der Waals surface area contributed by atoms with Gasteiger partial charge in [-0.15, -0.1) is 0 Å². The van der Waals surface area contributed by atoms with Gasteiger partial charge in [0.2, 0.25) is 0 Å². The van der Waals surface area contributed by atoms with Crippen LogP contribution in [0.25, 0.3) is 0 Å². The molecule has 1 aliphatic carbocycles. The largest absolute Gasteiger partial charge is 0.391 e. The molecule has 1 fully saturated rings. The molecule has 2 rings (SSSR count). The van der Waals surface area contributed by atoms with E-state index in [0.717, 1.165) is 17.8 Å². The van der Waals surface area contributed by atoms with Crippen molar-refractivity contribution in [3.05, 3.63) is 12.3 Å². The molecule has 1 saturated carbocycles. The predicted molar refractivity (Wildman–Crippen MR) is 56.4 cm³/mol. The summed E-state index contributed by atoms with van der Waals surface area (Å²) in [6, 6.07) is 0. The van der Waals surface area contributed by atoms with Gasteiger partial charge in [-0.2, -0.15) is 0 Å². The predicted octanol–water partition coefficient (Wildman–Crippen LogP) is 2.94. The van der Waals surface area contributed by atoms with E-state index < -0.39 is 0 Å². The van der Waals surface area contributed by atoms with Gasteiger partial charge in [0, 0.05) is 6.54 Å². The molecule has 1 nitrogen and oxygen atoms in total. The Kier molecular flexibility index (Phi) is 2.92. The molecule has 0 saturated heterocycles. The standard InChI is InChI=1S/C12H21N/c1-10-2-4-11(5-3-10)12-6-8-13-9-7-12/h6,8,10-13H,2-5,7,9H2,1H3. The van der Waals surface area contributed by atoms with Crippen LogP contribution in [0.5, 0.6) is 0 Å². The highest BCUT2D eigenvalue weighted by Gasteiger charge is 2.24. The third kappa shape index (κ3) is 2.26. The van der Waals surface area contributed by atoms with Crippen molar-refractivity contribution in [1.29, 1.82) is 0 Å². The Labute approximate surface area is 81.6 Å². The summed E-state index contributed by atoms with van der Waals surface area (Å²) in [5, 5.41) is 3.28. The van der Waals surface area contributed by atoms with Crippen LogP contribution in [0.2, 0.25) is 0 Å². The van der Waals surface area contributed by atoms with Crippen molar-refractivity contribution in [2.75, 3.05) is 6.54 Å². The Hall–Kier alpha value is -0.460. The lowest BCUT2D eigenvalue weighted by atomic mass is 9.75. The van der Waals surface area contributed by atoms with Crippen molar-refractivity contribution in [3.63, 3.8) is 0 Å². The molecule has 1 aliphatic heterocycles. The highest BCUT2D eigenvalue weighted by molar-refractivity contribution is 4.95. The summed E-state index contributed by atoms with van der Waals surface area (Å²) in [4.78, 5) is 0. The van der Waals surface area contributed by atoms with E-state index in [2.05, 4.69) is 24.5 Å². The fraction of sp³-hybridized carbons (Fsp3) is 0.833. The van der Waals surface area contributed by atoms with Crippen LogP contribution in [0.15, 0.2) is 12.3 Å². The van der Waals surface area contributed by atoms with E-state index in [9.17, 15) is 0 Å². The Bertz CT molecular complexity index is 178. The summed E-state index contributed by atoms with van der Waals surface area (Å²) in [7, 11) is 0. The minimum absolute atomic E-state index is 0.883. The monoisotopic (exact) mass is 179 g/mol. The van der Waals surface area contributed by atoms with Gasteiger partial charge in [0.05, 0.1) is 0 Å². The van der Waals surface area contributed by atoms with Crippen LogP contribution in [-0.4, -0.2) is 6.54 Å². The zero-order valence-corrected chi connectivity index (χ0v) is 8.63. The summed E-state index contributed by atoms with van der Waals surface area (Å²) in [6.45, 7) is 3.59. The van der Waals surface area contributed by atoms with E-state index in [4.69, 9.17) is 0 Å². The van der Waals surface area contributed by atoms with Crippen molar-refractivity contribution in [1.82, 2.24) is 5.32 Å². The molecule has 1 heterocycles. The third-order valence-electron chi connectivity index (χ3n) is 3.75. The molecule has 13 heavy (non-hydrogen) atoms. The maximum Gasteiger partial charge on any atom is 0.0147 e. The van der Waals surface area contributed by atoms with E-state index in [0.29, 0.717) is 0 Å². The molecule has 0 aromatic rings. The second-order valence-electron chi connectivity index (χ2n) is 4.79. The number of nitrogens with one attached hydrogen (secondary N) is 1. The van der Waals surface area contributed by atoms with Crippen molar-refractivity contribution >= 4 is 0 Å². The normalized spacial score (nSPS) is 39.9. The number of rotatable bonds is 1. The first-order valence-corrected chi connectivity index (χ1v) is 5.76. The SMILES string of the molecule is CC1CCC(C2C=CNCC2)CC1. The summed E-state index contributed by atoms with van der Waals surface area (Å²) < 4.78 is 0. The van der Waals surface area contributed by atoms with Gasteiger partial charge >= 0.3 is 0 Å². The Balaban J connectivity index is 1.86. The van der Waals surface area contributed by atoms with Crippen LogP contribution in [0.1, 0.15) is 39.0 Å². The van der Waals surface area contributed by atoms with Crippen LogP contribution in [0.4, 0.5) is 0 Å². The first kappa shape index (κ1) is 9.11. The maximum atomic E-state index is 3.28. The fourth-order valence-electron chi connectivity index (χ4n) is 2.73. The number of hydrogen-bond donors (Lipinski definition) is 1. The second-order valence-corrected chi connectivity index (χ2v) is 4.79. The van der Waals surface area contributed by atoms with E-state index >= 15 is 0 Å². The molecule has 0 radical (unpaired) electrons. The van der Waals surface area contributed by atoms with Crippen LogP contribution in [0.3, 0.4) is 0 Å². The molecule has 0 bridgehead atoms. The molecule has 0 aromatic carbocycles. The molecule has 0 amide bonds. The summed E-state index contributed by atoms with van der Waals surface area (Å²) in [6.07, 6.45) is 11.8. The summed E-state index contributed by atoms with van der Waals surface area (Å²) >= 11 is 0. The minimum atomic E-state index is 0.883. The Morgan fingerprint density at radius 2 is 1.85 bits per heavy atom.